The highest BCUT2D eigenvalue weighted by Gasteiger charge is 2.90. The first-order chi connectivity index (χ1) is 22.3. The van der Waals surface area contributed by atoms with Crippen LogP contribution in [0.2, 0.25) is 0 Å². The molecule has 2 saturated carbocycles. The Morgan fingerprint density at radius 1 is 1.00 bits per heavy atom. The summed E-state index contributed by atoms with van der Waals surface area (Å²) in [6.07, 6.45) is 6.28. The minimum absolute atomic E-state index is 0.0483. The number of unbranched alkanes of at least 4 members (excludes halogenated alkanes) is 4. The van der Waals surface area contributed by atoms with E-state index in [1.54, 1.807) is 6.26 Å². The third-order valence-corrected chi connectivity index (χ3v) is 13.6. The highest BCUT2D eigenvalue weighted by Crippen LogP contribution is 2.80. The number of rotatable bonds is 11. The molecule has 0 unspecified atom stereocenters. The summed E-state index contributed by atoms with van der Waals surface area (Å²) in [4.78, 5) is 41.3. The lowest BCUT2D eigenvalue weighted by Crippen LogP contribution is -2.76. The van der Waals surface area contributed by atoms with E-state index < -0.39 is 63.8 Å². The van der Waals surface area contributed by atoms with Crippen molar-refractivity contribution in [2.24, 2.45) is 34.0 Å². The van der Waals surface area contributed by atoms with Gasteiger partial charge in [0.2, 0.25) is 0 Å². The predicted octanol–water partition coefficient (Wildman–Crippen LogP) is 5.01. The van der Waals surface area contributed by atoms with Crippen LogP contribution in [0.4, 0.5) is 0 Å². The normalized spacial score (nSPS) is 45.0. The highest BCUT2D eigenvalue weighted by atomic mass is 16.7. The predicted molar refractivity (Wildman–Crippen MR) is 168 cm³/mol. The molecule has 5 heterocycles. The number of epoxide rings is 1. The summed E-state index contributed by atoms with van der Waals surface area (Å²) in [5.41, 5.74) is -3.98. The third kappa shape index (κ3) is 4.39. The smallest absolute Gasteiger partial charge is 0.339 e. The van der Waals surface area contributed by atoms with Gasteiger partial charge in [-0.2, -0.15) is 0 Å². The molecule has 11 atom stereocenters. The second-order valence-electron chi connectivity index (χ2n) is 16.4. The van der Waals surface area contributed by atoms with E-state index in [1.165, 1.54) is 0 Å². The molecule has 1 aromatic heterocycles. The molecule has 47 heavy (non-hydrogen) atoms. The van der Waals surface area contributed by atoms with Crippen LogP contribution in [0.3, 0.4) is 0 Å². The Hall–Kier alpha value is -2.27. The fourth-order valence-corrected chi connectivity index (χ4v) is 11.4. The van der Waals surface area contributed by atoms with Gasteiger partial charge < -0.3 is 33.6 Å². The molecular formula is C37H52O10. The number of furan rings is 1. The summed E-state index contributed by atoms with van der Waals surface area (Å²) in [6, 6.07) is 1.88. The second kappa shape index (κ2) is 11.4. The van der Waals surface area contributed by atoms with Crippen LogP contribution in [0.1, 0.15) is 116 Å². The number of aryl methyl sites for hydroxylation is 1. The zero-order valence-corrected chi connectivity index (χ0v) is 28.5. The molecule has 4 aliphatic heterocycles. The Morgan fingerprint density at radius 3 is 2.49 bits per heavy atom. The highest BCUT2D eigenvalue weighted by molar-refractivity contribution is 5.92. The number of carbonyl (C=O) groups is 3. The number of fused-ring (bicyclic) bond motifs is 1. The summed E-state index contributed by atoms with van der Waals surface area (Å²) in [5.74, 6) is -0.920. The minimum atomic E-state index is -1.40. The number of hydrogen-bond donors (Lipinski definition) is 2. The largest absolute Gasteiger partial charge is 0.469 e. The van der Waals surface area contributed by atoms with Gasteiger partial charge in [-0.15, -0.1) is 0 Å². The van der Waals surface area contributed by atoms with E-state index in [0.29, 0.717) is 31.6 Å². The number of Topliss-reactive ketones (excluding diaryl/α,β-unsaturated/α-hetero) is 1. The van der Waals surface area contributed by atoms with Crippen LogP contribution in [0.25, 0.3) is 0 Å². The average molecular weight is 657 g/mol. The Bertz CT molecular complexity index is 1420. The molecule has 2 aliphatic carbocycles. The average Bonchev–Trinajstić information content (AvgIpc) is 3.57. The number of cyclic esters (lactones) is 2. The zero-order chi connectivity index (χ0) is 33.6. The van der Waals surface area contributed by atoms with Gasteiger partial charge in [0.25, 0.3) is 0 Å². The summed E-state index contributed by atoms with van der Waals surface area (Å²) in [5, 5.41) is 21.4. The van der Waals surface area contributed by atoms with Crippen molar-refractivity contribution in [3.63, 3.8) is 0 Å². The maximum atomic E-state index is 14.8. The molecule has 0 radical (unpaired) electrons. The molecule has 4 saturated heterocycles. The van der Waals surface area contributed by atoms with Gasteiger partial charge in [0.05, 0.1) is 30.3 Å². The summed E-state index contributed by atoms with van der Waals surface area (Å²) < 4.78 is 31.4. The molecule has 1 aromatic rings. The van der Waals surface area contributed by atoms with E-state index >= 15 is 0 Å². The van der Waals surface area contributed by atoms with Crippen LogP contribution in [-0.2, 0) is 39.8 Å². The summed E-state index contributed by atoms with van der Waals surface area (Å²) in [7, 11) is 0. The first-order valence-electron chi connectivity index (χ1n) is 17.9. The van der Waals surface area contributed by atoms with E-state index in [2.05, 4.69) is 20.8 Å². The Labute approximate surface area is 277 Å². The van der Waals surface area contributed by atoms with E-state index in [9.17, 15) is 19.5 Å². The van der Waals surface area contributed by atoms with Crippen molar-refractivity contribution < 1.29 is 48.0 Å². The molecule has 260 valence electrons. The number of aliphatic hydroxyl groups excluding tert-OH is 2. The van der Waals surface area contributed by atoms with Gasteiger partial charge in [0, 0.05) is 34.8 Å². The van der Waals surface area contributed by atoms with Crippen molar-refractivity contribution in [1.29, 1.82) is 0 Å². The van der Waals surface area contributed by atoms with Crippen molar-refractivity contribution in [2.45, 2.75) is 141 Å². The van der Waals surface area contributed by atoms with Gasteiger partial charge in [0.1, 0.15) is 30.2 Å². The van der Waals surface area contributed by atoms with Crippen molar-refractivity contribution in [3.8, 4) is 0 Å². The quantitative estimate of drug-likeness (QED) is 0.189. The van der Waals surface area contributed by atoms with Crippen molar-refractivity contribution >= 4 is 17.7 Å². The topological polar surface area (TPSA) is 145 Å². The Kier molecular flexibility index (Phi) is 8.05. The molecule has 2 N–H and O–H groups in total. The van der Waals surface area contributed by atoms with Crippen LogP contribution in [0, 0.1) is 34.0 Å². The molecule has 0 aromatic carbocycles. The maximum absolute atomic E-state index is 14.8. The van der Waals surface area contributed by atoms with Gasteiger partial charge in [-0.3, -0.25) is 9.59 Å². The van der Waals surface area contributed by atoms with Crippen molar-refractivity contribution in [1.82, 2.24) is 0 Å². The first-order valence-corrected chi connectivity index (χ1v) is 17.9. The van der Waals surface area contributed by atoms with Gasteiger partial charge in [-0.05, 0) is 63.4 Å². The number of hydrogen-bond acceptors (Lipinski definition) is 10. The standard InChI is InChI=1S/C37H52O10/c1-21(2)12-16-34(4)28-27(40)29(41)35(5)24(36(28)20-44-26(39)19-25(36)46-34)13-15-33(3)30(45-32(42)31-37(33,35)47-31)22-14-18-43-23(22)11-9-7-6-8-10-17-38/h14,18,21,24-25,28-31,38,41H,6-13,15-17,19-20H2,1-5H3/t24-,25-,28+,29+,30-,31+,33-,34-,35-,36-,37+/m0/s1. The van der Waals surface area contributed by atoms with Gasteiger partial charge >= 0.3 is 11.9 Å². The lowest BCUT2D eigenvalue weighted by atomic mass is 9.36. The van der Waals surface area contributed by atoms with Crippen LogP contribution in [0.5, 0.6) is 0 Å². The molecular weight excluding hydrogens is 604 g/mol. The SMILES string of the molecule is CC(C)CC[C@]1(C)O[C@H]2CC(=O)OC[C@]23[C@H]2CC[C@@]4(C)[C@H](c5ccoc5CCCCCCCO)OC(=O)[C@H]5O[C@]54[C@]2(C)[C@H](O)C(=O)[C@@H]31. The molecule has 0 bridgehead atoms. The van der Waals surface area contributed by atoms with Crippen LogP contribution < -0.4 is 0 Å². The van der Waals surface area contributed by atoms with Crippen LogP contribution in [-0.4, -0.2) is 70.7 Å². The number of carbonyl (C=O) groups excluding carboxylic acids is 3. The molecule has 10 heteroatoms. The second-order valence-corrected chi connectivity index (χ2v) is 16.4. The number of ether oxygens (including phenoxy) is 4. The molecule has 6 aliphatic rings. The Morgan fingerprint density at radius 2 is 1.74 bits per heavy atom. The minimum Gasteiger partial charge on any atom is -0.469 e. The number of esters is 2. The van der Waals surface area contributed by atoms with E-state index in [4.69, 9.17) is 28.5 Å². The number of ketones is 1. The molecule has 2 spiro atoms. The zero-order valence-electron chi connectivity index (χ0n) is 28.5. The summed E-state index contributed by atoms with van der Waals surface area (Å²) >= 11 is 0. The maximum Gasteiger partial charge on any atom is 0.339 e. The van der Waals surface area contributed by atoms with Crippen molar-refractivity contribution in [3.05, 3.63) is 23.7 Å². The van der Waals surface area contributed by atoms with Gasteiger partial charge in [0.15, 0.2) is 11.9 Å². The third-order valence-electron chi connectivity index (χ3n) is 13.6. The summed E-state index contributed by atoms with van der Waals surface area (Å²) in [6.45, 7) is 10.5. The number of aliphatic hydroxyl groups is 2. The Balaban J connectivity index is 1.26. The fraction of sp³-hybridized carbons (Fsp3) is 0.811. The molecule has 6 fully saturated rings. The lowest BCUT2D eigenvalue weighted by molar-refractivity contribution is -0.252. The van der Waals surface area contributed by atoms with Crippen LogP contribution >= 0.6 is 0 Å². The lowest BCUT2D eigenvalue weighted by Gasteiger charge is -2.66. The van der Waals surface area contributed by atoms with Crippen molar-refractivity contribution in [2.75, 3.05) is 13.2 Å². The monoisotopic (exact) mass is 656 g/mol. The first kappa shape index (κ1) is 33.2. The molecule has 10 nitrogen and oxygen atoms in total. The van der Waals surface area contributed by atoms with E-state index in [0.717, 1.165) is 49.8 Å². The van der Waals surface area contributed by atoms with Crippen LogP contribution in [0.15, 0.2) is 16.7 Å². The van der Waals surface area contributed by atoms with Gasteiger partial charge in [-0.25, -0.2) is 4.79 Å². The molecule has 7 rings (SSSR count). The van der Waals surface area contributed by atoms with E-state index in [-0.39, 0.29) is 37.3 Å². The fourth-order valence-electron chi connectivity index (χ4n) is 11.4. The van der Waals surface area contributed by atoms with E-state index in [1.807, 2.05) is 19.9 Å². The van der Waals surface area contributed by atoms with Gasteiger partial charge in [-0.1, -0.05) is 47.0 Å². The molecule has 0 amide bonds.